The number of carbonyl (C=O) groups is 1. The summed E-state index contributed by atoms with van der Waals surface area (Å²) in [4.78, 5) is 11.6. The highest BCUT2D eigenvalue weighted by molar-refractivity contribution is 6.32. The van der Waals surface area contributed by atoms with E-state index in [0.717, 1.165) is 5.56 Å². The number of aryl methyl sites for hydroxylation is 1. The monoisotopic (exact) mass is 285 g/mol. The molecule has 1 atom stereocenters. The number of aliphatic hydroxyl groups is 1. The van der Waals surface area contributed by atoms with Gasteiger partial charge in [-0.1, -0.05) is 24.6 Å². The van der Waals surface area contributed by atoms with Gasteiger partial charge in [0, 0.05) is 6.54 Å². The van der Waals surface area contributed by atoms with Crippen LogP contribution in [0.4, 0.5) is 0 Å². The second kappa shape index (κ2) is 6.78. The van der Waals surface area contributed by atoms with Crippen LogP contribution in [0, 0.1) is 6.92 Å². The summed E-state index contributed by atoms with van der Waals surface area (Å²) in [5, 5.41) is 12.9. The fourth-order valence-electron chi connectivity index (χ4n) is 1.33. The Morgan fingerprint density at radius 2 is 2.21 bits per heavy atom. The molecule has 1 aromatic carbocycles. The van der Waals surface area contributed by atoms with Crippen LogP contribution < -0.4 is 10.1 Å². The SMILES string of the molecule is CCC(C)(O)CNC(=O)COc1cc(C)ccc1Cl. The first-order chi connectivity index (χ1) is 8.84. The fourth-order valence-corrected chi connectivity index (χ4v) is 1.50. The molecular formula is C14H20ClNO3. The van der Waals surface area contributed by atoms with Gasteiger partial charge in [-0.05, 0) is 38.0 Å². The van der Waals surface area contributed by atoms with E-state index >= 15 is 0 Å². The van der Waals surface area contributed by atoms with Crippen LogP contribution in [0.15, 0.2) is 18.2 Å². The molecule has 0 heterocycles. The van der Waals surface area contributed by atoms with Gasteiger partial charge >= 0.3 is 0 Å². The first-order valence-corrected chi connectivity index (χ1v) is 6.60. The maximum atomic E-state index is 11.6. The summed E-state index contributed by atoms with van der Waals surface area (Å²) in [5.74, 6) is 0.199. The third kappa shape index (κ3) is 5.49. The zero-order chi connectivity index (χ0) is 14.5. The minimum Gasteiger partial charge on any atom is -0.482 e. The summed E-state index contributed by atoms with van der Waals surface area (Å²) in [6, 6.07) is 5.37. The smallest absolute Gasteiger partial charge is 0.258 e. The van der Waals surface area contributed by atoms with E-state index in [-0.39, 0.29) is 19.1 Å². The molecule has 19 heavy (non-hydrogen) atoms. The molecule has 0 aliphatic heterocycles. The van der Waals surface area contributed by atoms with Gasteiger partial charge in [0.25, 0.3) is 5.91 Å². The number of hydrogen-bond donors (Lipinski definition) is 2. The molecule has 2 N–H and O–H groups in total. The van der Waals surface area contributed by atoms with Crippen molar-refractivity contribution in [2.45, 2.75) is 32.8 Å². The summed E-state index contributed by atoms with van der Waals surface area (Å²) in [7, 11) is 0. The molecule has 0 bridgehead atoms. The third-order valence-corrected chi connectivity index (χ3v) is 3.19. The summed E-state index contributed by atoms with van der Waals surface area (Å²) in [5.41, 5.74) is 0.116. The van der Waals surface area contributed by atoms with Crippen LogP contribution in [0.25, 0.3) is 0 Å². The second-order valence-electron chi connectivity index (χ2n) is 4.85. The number of ether oxygens (including phenoxy) is 1. The van der Waals surface area contributed by atoms with Crippen LogP contribution in [0.2, 0.25) is 5.02 Å². The highest BCUT2D eigenvalue weighted by Gasteiger charge is 2.18. The zero-order valence-electron chi connectivity index (χ0n) is 11.5. The first-order valence-electron chi connectivity index (χ1n) is 6.22. The number of nitrogens with one attached hydrogen (secondary N) is 1. The summed E-state index contributed by atoms with van der Waals surface area (Å²) < 4.78 is 5.35. The van der Waals surface area contributed by atoms with Crippen molar-refractivity contribution in [3.63, 3.8) is 0 Å². The van der Waals surface area contributed by atoms with E-state index in [1.54, 1.807) is 19.1 Å². The normalized spacial score (nSPS) is 13.7. The number of amides is 1. The average Bonchev–Trinajstić information content (AvgIpc) is 2.37. The van der Waals surface area contributed by atoms with E-state index in [1.807, 2.05) is 19.9 Å². The maximum Gasteiger partial charge on any atom is 0.258 e. The van der Waals surface area contributed by atoms with E-state index < -0.39 is 5.60 Å². The molecule has 0 aliphatic carbocycles. The van der Waals surface area contributed by atoms with Crippen molar-refractivity contribution < 1.29 is 14.6 Å². The molecule has 0 aromatic heterocycles. The van der Waals surface area contributed by atoms with Gasteiger partial charge in [-0.2, -0.15) is 0 Å². The Morgan fingerprint density at radius 3 is 2.84 bits per heavy atom. The van der Waals surface area contributed by atoms with E-state index in [0.29, 0.717) is 17.2 Å². The quantitative estimate of drug-likeness (QED) is 0.843. The van der Waals surface area contributed by atoms with Gasteiger partial charge in [-0.25, -0.2) is 0 Å². The standard InChI is InChI=1S/C14H20ClNO3/c1-4-14(3,18)9-16-13(17)8-19-12-7-10(2)5-6-11(12)15/h5-7,18H,4,8-9H2,1-3H3,(H,16,17). The zero-order valence-corrected chi connectivity index (χ0v) is 12.3. The molecule has 0 saturated heterocycles. The Kier molecular flexibility index (Phi) is 5.63. The van der Waals surface area contributed by atoms with Crippen molar-refractivity contribution in [2.75, 3.05) is 13.2 Å². The van der Waals surface area contributed by atoms with E-state index in [1.165, 1.54) is 0 Å². The van der Waals surface area contributed by atoms with Crippen LogP contribution >= 0.6 is 11.6 Å². The minimum absolute atomic E-state index is 0.122. The Morgan fingerprint density at radius 1 is 1.53 bits per heavy atom. The van der Waals surface area contributed by atoms with Gasteiger partial charge in [0.15, 0.2) is 6.61 Å². The molecule has 0 radical (unpaired) electrons. The second-order valence-corrected chi connectivity index (χ2v) is 5.26. The van der Waals surface area contributed by atoms with Gasteiger partial charge in [0.2, 0.25) is 0 Å². The Balaban J connectivity index is 2.44. The van der Waals surface area contributed by atoms with Crippen LogP contribution in [0.1, 0.15) is 25.8 Å². The summed E-state index contributed by atoms with van der Waals surface area (Å²) >= 11 is 5.96. The van der Waals surface area contributed by atoms with Crippen LogP contribution in [0.5, 0.6) is 5.75 Å². The fraction of sp³-hybridized carbons (Fsp3) is 0.500. The molecule has 0 aliphatic rings. The van der Waals surface area contributed by atoms with Crippen LogP contribution in [-0.4, -0.2) is 29.8 Å². The molecule has 106 valence electrons. The number of benzene rings is 1. The largest absolute Gasteiger partial charge is 0.482 e. The summed E-state index contributed by atoms with van der Waals surface area (Å²) in [6.45, 7) is 5.53. The molecule has 0 fully saturated rings. The lowest BCUT2D eigenvalue weighted by Gasteiger charge is -2.21. The van der Waals surface area contributed by atoms with E-state index in [2.05, 4.69) is 5.32 Å². The van der Waals surface area contributed by atoms with Crippen LogP contribution in [-0.2, 0) is 4.79 Å². The molecule has 1 rings (SSSR count). The van der Waals surface area contributed by atoms with Crippen molar-refractivity contribution >= 4 is 17.5 Å². The van der Waals surface area contributed by atoms with Gasteiger partial charge in [-0.3, -0.25) is 4.79 Å². The Hall–Kier alpha value is -1.26. The molecular weight excluding hydrogens is 266 g/mol. The topological polar surface area (TPSA) is 58.6 Å². The predicted molar refractivity (Wildman–Crippen MR) is 75.6 cm³/mol. The number of carbonyl (C=O) groups excluding carboxylic acids is 1. The lowest BCUT2D eigenvalue weighted by Crippen LogP contribution is -2.41. The lowest BCUT2D eigenvalue weighted by atomic mass is 10.0. The molecule has 1 unspecified atom stereocenters. The van der Waals surface area contributed by atoms with E-state index in [9.17, 15) is 9.90 Å². The highest BCUT2D eigenvalue weighted by Crippen LogP contribution is 2.24. The van der Waals surface area contributed by atoms with Crippen molar-refractivity contribution in [3.05, 3.63) is 28.8 Å². The molecule has 0 saturated carbocycles. The Bertz CT molecular complexity index is 446. The minimum atomic E-state index is -0.892. The average molecular weight is 286 g/mol. The lowest BCUT2D eigenvalue weighted by molar-refractivity contribution is -0.124. The maximum absolute atomic E-state index is 11.6. The van der Waals surface area contributed by atoms with Crippen molar-refractivity contribution in [1.82, 2.24) is 5.32 Å². The summed E-state index contributed by atoms with van der Waals surface area (Å²) in [6.07, 6.45) is 0.567. The van der Waals surface area contributed by atoms with Crippen LogP contribution in [0.3, 0.4) is 0 Å². The predicted octanol–water partition coefficient (Wildman–Crippen LogP) is 2.30. The molecule has 1 amide bonds. The van der Waals surface area contributed by atoms with Gasteiger partial charge < -0.3 is 15.2 Å². The molecule has 0 spiro atoms. The Labute approximate surface area is 118 Å². The first kappa shape index (κ1) is 15.8. The number of hydrogen-bond acceptors (Lipinski definition) is 3. The van der Waals surface area contributed by atoms with Crippen molar-refractivity contribution in [2.24, 2.45) is 0 Å². The molecule has 4 nitrogen and oxygen atoms in total. The van der Waals surface area contributed by atoms with Gasteiger partial charge in [0.05, 0.1) is 10.6 Å². The number of halogens is 1. The third-order valence-electron chi connectivity index (χ3n) is 2.87. The van der Waals surface area contributed by atoms with E-state index in [4.69, 9.17) is 16.3 Å². The van der Waals surface area contributed by atoms with Gasteiger partial charge in [-0.15, -0.1) is 0 Å². The molecule has 5 heteroatoms. The van der Waals surface area contributed by atoms with Crippen molar-refractivity contribution in [1.29, 1.82) is 0 Å². The van der Waals surface area contributed by atoms with Crippen molar-refractivity contribution in [3.8, 4) is 5.75 Å². The molecule has 1 aromatic rings. The highest BCUT2D eigenvalue weighted by atomic mass is 35.5. The van der Waals surface area contributed by atoms with Gasteiger partial charge in [0.1, 0.15) is 5.75 Å². The number of rotatable bonds is 6.